The van der Waals surface area contributed by atoms with Crippen molar-refractivity contribution in [2.45, 2.75) is 26.3 Å². The second-order valence-corrected chi connectivity index (χ2v) is 4.02. The van der Waals surface area contributed by atoms with Gasteiger partial charge in [-0.25, -0.2) is 0 Å². The van der Waals surface area contributed by atoms with Crippen LogP contribution in [0.3, 0.4) is 0 Å². The molecular weight excluding hydrogens is 190 g/mol. The monoisotopic (exact) mass is 205 g/mol. The summed E-state index contributed by atoms with van der Waals surface area (Å²) < 4.78 is 1.74. The first-order valence-electron chi connectivity index (χ1n) is 5.09. The van der Waals surface area contributed by atoms with Crippen molar-refractivity contribution in [3.63, 3.8) is 0 Å². The van der Waals surface area contributed by atoms with Crippen LogP contribution < -0.4 is 5.73 Å². The first-order valence-corrected chi connectivity index (χ1v) is 5.09. The van der Waals surface area contributed by atoms with E-state index in [0.29, 0.717) is 12.3 Å². The van der Waals surface area contributed by atoms with Crippen LogP contribution in [-0.4, -0.2) is 25.9 Å². The topological polar surface area (TPSA) is 69.1 Å². The number of rotatable bonds is 3. The van der Waals surface area contributed by atoms with Gasteiger partial charge in [-0.3, -0.25) is 0 Å². The molecule has 0 radical (unpaired) electrons. The predicted octanol–water partition coefficient (Wildman–Crippen LogP) is 0.650. The third-order valence-electron chi connectivity index (χ3n) is 2.52. The SMILES string of the molecule is CC(C)C(N)Cc1nnc2cccnn12. The van der Waals surface area contributed by atoms with E-state index in [9.17, 15) is 0 Å². The van der Waals surface area contributed by atoms with Crippen molar-refractivity contribution in [2.24, 2.45) is 11.7 Å². The summed E-state index contributed by atoms with van der Waals surface area (Å²) in [5.74, 6) is 1.26. The zero-order valence-electron chi connectivity index (χ0n) is 8.96. The van der Waals surface area contributed by atoms with Gasteiger partial charge >= 0.3 is 0 Å². The first kappa shape index (κ1) is 10.0. The highest BCUT2D eigenvalue weighted by Gasteiger charge is 2.13. The van der Waals surface area contributed by atoms with Crippen LogP contribution >= 0.6 is 0 Å². The van der Waals surface area contributed by atoms with Crippen LogP contribution in [0.1, 0.15) is 19.7 Å². The summed E-state index contributed by atoms with van der Waals surface area (Å²) in [6.45, 7) is 4.20. The number of hydrogen-bond acceptors (Lipinski definition) is 4. The Labute approximate surface area is 88.3 Å². The second kappa shape index (κ2) is 3.94. The van der Waals surface area contributed by atoms with E-state index in [1.165, 1.54) is 0 Å². The van der Waals surface area contributed by atoms with Crippen molar-refractivity contribution in [2.75, 3.05) is 0 Å². The summed E-state index contributed by atoms with van der Waals surface area (Å²) >= 11 is 0. The molecule has 1 unspecified atom stereocenters. The van der Waals surface area contributed by atoms with Crippen LogP contribution in [0, 0.1) is 5.92 Å². The van der Waals surface area contributed by atoms with Crippen LogP contribution in [0.15, 0.2) is 18.3 Å². The van der Waals surface area contributed by atoms with Gasteiger partial charge in [0.25, 0.3) is 0 Å². The van der Waals surface area contributed by atoms with E-state index in [4.69, 9.17) is 5.73 Å². The van der Waals surface area contributed by atoms with Gasteiger partial charge in [-0.15, -0.1) is 10.2 Å². The summed E-state index contributed by atoms with van der Waals surface area (Å²) in [6, 6.07) is 3.82. The third-order valence-corrected chi connectivity index (χ3v) is 2.52. The van der Waals surface area contributed by atoms with Gasteiger partial charge < -0.3 is 5.73 Å². The van der Waals surface area contributed by atoms with E-state index in [2.05, 4.69) is 29.1 Å². The minimum Gasteiger partial charge on any atom is -0.327 e. The largest absolute Gasteiger partial charge is 0.327 e. The normalized spacial score (nSPS) is 13.6. The number of nitrogens with two attached hydrogens (primary N) is 1. The van der Waals surface area contributed by atoms with E-state index in [1.807, 2.05) is 12.1 Å². The Hall–Kier alpha value is -1.49. The van der Waals surface area contributed by atoms with Gasteiger partial charge in [0.15, 0.2) is 11.5 Å². The molecule has 2 N–H and O–H groups in total. The summed E-state index contributed by atoms with van der Waals surface area (Å²) in [5.41, 5.74) is 6.76. The number of fused-ring (bicyclic) bond motifs is 1. The Kier molecular flexibility index (Phi) is 2.64. The summed E-state index contributed by atoms with van der Waals surface area (Å²) in [4.78, 5) is 0. The molecule has 0 saturated heterocycles. The van der Waals surface area contributed by atoms with Gasteiger partial charge in [0.05, 0.1) is 0 Å². The lowest BCUT2D eigenvalue weighted by molar-refractivity contribution is 0.477. The molecule has 2 aromatic rings. The summed E-state index contributed by atoms with van der Waals surface area (Å²) in [5, 5.41) is 12.3. The fourth-order valence-electron chi connectivity index (χ4n) is 1.36. The maximum absolute atomic E-state index is 5.99. The molecule has 0 aliphatic heterocycles. The molecule has 5 nitrogen and oxygen atoms in total. The zero-order valence-corrected chi connectivity index (χ0v) is 8.96. The Morgan fingerprint density at radius 2 is 2.20 bits per heavy atom. The minimum atomic E-state index is 0.0967. The summed E-state index contributed by atoms with van der Waals surface area (Å²) in [6.07, 6.45) is 2.43. The van der Waals surface area contributed by atoms with Crippen molar-refractivity contribution in [3.05, 3.63) is 24.2 Å². The first-order chi connectivity index (χ1) is 7.18. The smallest absolute Gasteiger partial charge is 0.177 e. The van der Waals surface area contributed by atoms with Crippen LogP contribution in [0.4, 0.5) is 0 Å². The molecule has 5 heteroatoms. The Bertz CT molecular complexity index is 448. The Morgan fingerprint density at radius 3 is 2.93 bits per heavy atom. The van der Waals surface area contributed by atoms with E-state index >= 15 is 0 Å². The molecule has 0 aliphatic rings. The zero-order chi connectivity index (χ0) is 10.8. The van der Waals surface area contributed by atoms with Gasteiger partial charge in [-0.05, 0) is 18.1 Å². The highest BCUT2D eigenvalue weighted by Crippen LogP contribution is 2.07. The van der Waals surface area contributed by atoms with Crippen LogP contribution in [0.2, 0.25) is 0 Å². The lowest BCUT2D eigenvalue weighted by Gasteiger charge is -2.13. The van der Waals surface area contributed by atoms with Crippen LogP contribution in [0.25, 0.3) is 5.65 Å². The number of hydrogen-bond donors (Lipinski definition) is 1. The van der Waals surface area contributed by atoms with Crippen molar-refractivity contribution in [1.82, 2.24) is 19.8 Å². The van der Waals surface area contributed by atoms with Gasteiger partial charge in [-0.1, -0.05) is 13.8 Å². The van der Waals surface area contributed by atoms with Crippen LogP contribution in [0.5, 0.6) is 0 Å². The molecule has 0 aromatic carbocycles. The van der Waals surface area contributed by atoms with Crippen molar-refractivity contribution in [1.29, 1.82) is 0 Å². The van der Waals surface area contributed by atoms with Gasteiger partial charge in [0.2, 0.25) is 0 Å². The van der Waals surface area contributed by atoms with Crippen LogP contribution in [-0.2, 0) is 6.42 Å². The third kappa shape index (κ3) is 1.97. The van der Waals surface area contributed by atoms with E-state index in [1.54, 1.807) is 10.7 Å². The van der Waals surface area contributed by atoms with Crippen molar-refractivity contribution < 1.29 is 0 Å². The molecule has 0 aliphatic carbocycles. The number of nitrogens with zero attached hydrogens (tertiary/aromatic N) is 4. The van der Waals surface area contributed by atoms with E-state index in [0.717, 1.165) is 11.5 Å². The highest BCUT2D eigenvalue weighted by atomic mass is 15.4. The molecule has 80 valence electrons. The molecule has 2 heterocycles. The molecule has 15 heavy (non-hydrogen) atoms. The molecule has 0 spiro atoms. The standard InChI is InChI=1S/C10H15N5/c1-7(2)8(11)6-10-14-13-9-4-3-5-12-15(9)10/h3-5,7-8H,6,11H2,1-2H3. The molecule has 1 atom stereocenters. The van der Waals surface area contributed by atoms with E-state index < -0.39 is 0 Å². The fourth-order valence-corrected chi connectivity index (χ4v) is 1.36. The molecule has 2 rings (SSSR count). The quantitative estimate of drug-likeness (QED) is 0.798. The molecule has 0 bridgehead atoms. The predicted molar refractivity (Wildman–Crippen MR) is 57.3 cm³/mol. The van der Waals surface area contributed by atoms with E-state index in [-0.39, 0.29) is 6.04 Å². The average molecular weight is 205 g/mol. The molecule has 0 amide bonds. The second-order valence-electron chi connectivity index (χ2n) is 4.02. The minimum absolute atomic E-state index is 0.0967. The molecule has 0 fully saturated rings. The summed E-state index contributed by atoms with van der Waals surface area (Å²) in [7, 11) is 0. The molecular formula is C10H15N5. The number of aromatic nitrogens is 4. The van der Waals surface area contributed by atoms with Crippen molar-refractivity contribution in [3.8, 4) is 0 Å². The fraction of sp³-hybridized carbons (Fsp3) is 0.500. The Balaban J connectivity index is 2.29. The lowest BCUT2D eigenvalue weighted by atomic mass is 10.0. The van der Waals surface area contributed by atoms with Crippen molar-refractivity contribution >= 4 is 5.65 Å². The maximum Gasteiger partial charge on any atom is 0.177 e. The maximum atomic E-state index is 5.99. The van der Waals surface area contributed by atoms with Gasteiger partial charge in [-0.2, -0.15) is 9.61 Å². The Morgan fingerprint density at radius 1 is 1.40 bits per heavy atom. The van der Waals surface area contributed by atoms with Gasteiger partial charge in [0.1, 0.15) is 0 Å². The average Bonchev–Trinajstić information content (AvgIpc) is 2.62. The molecule has 2 aromatic heterocycles. The van der Waals surface area contributed by atoms with Gasteiger partial charge in [0, 0.05) is 18.7 Å². The lowest BCUT2D eigenvalue weighted by Crippen LogP contribution is -2.29. The highest BCUT2D eigenvalue weighted by molar-refractivity contribution is 5.34. The molecule has 0 saturated carbocycles.